The summed E-state index contributed by atoms with van der Waals surface area (Å²) in [7, 11) is 0. The molecule has 2 fully saturated rings. The van der Waals surface area contributed by atoms with Crippen LogP contribution in [0.15, 0.2) is 23.0 Å². The van der Waals surface area contributed by atoms with Crippen LogP contribution in [0.5, 0.6) is 5.75 Å². The predicted octanol–water partition coefficient (Wildman–Crippen LogP) is 4.09. The van der Waals surface area contributed by atoms with Crippen molar-refractivity contribution in [2.45, 2.75) is 52.1 Å². The van der Waals surface area contributed by atoms with Gasteiger partial charge < -0.3 is 19.6 Å². The van der Waals surface area contributed by atoms with Crippen molar-refractivity contribution in [3.63, 3.8) is 0 Å². The zero-order chi connectivity index (χ0) is 24.3. The molecule has 2 saturated heterocycles. The number of hydrogen-bond acceptors (Lipinski definition) is 6. The predicted molar refractivity (Wildman–Crippen MR) is 133 cm³/mol. The van der Waals surface area contributed by atoms with Gasteiger partial charge in [0.05, 0.1) is 18.2 Å². The summed E-state index contributed by atoms with van der Waals surface area (Å²) in [5.41, 5.74) is 3.49. The number of hydrogen-bond donors (Lipinski definition) is 1. The number of aryl methyl sites for hydroxylation is 2. The molecule has 2 amide bonds. The molecule has 0 saturated carbocycles. The summed E-state index contributed by atoms with van der Waals surface area (Å²) in [6.45, 7) is 6.43. The number of amides is 2. The van der Waals surface area contributed by atoms with Gasteiger partial charge in [-0.3, -0.25) is 9.59 Å². The van der Waals surface area contributed by atoms with Crippen LogP contribution < -0.4 is 4.74 Å². The van der Waals surface area contributed by atoms with Crippen LogP contribution in [-0.4, -0.2) is 70.6 Å². The number of piperidine rings is 2. The Hall–Kier alpha value is -2.16. The molecule has 1 atom stereocenters. The second-order valence-corrected chi connectivity index (χ2v) is 10.7. The zero-order valence-electron chi connectivity index (χ0n) is 19.8. The fourth-order valence-electron chi connectivity index (χ4n) is 4.95. The van der Waals surface area contributed by atoms with Crippen molar-refractivity contribution in [3.8, 4) is 5.75 Å². The van der Waals surface area contributed by atoms with Gasteiger partial charge >= 0.3 is 0 Å². The van der Waals surface area contributed by atoms with Gasteiger partial charge in [0.25, 0.3) is 5.91 Å². The van der Waals surface area contributed by atoms with E-state index >= 15 is 0 Å². The molecular weight excluding hydrogens is 474 g/mol. The van der Waals surface area contributed by atoms with Gasteiger partial charge in [-0.2, -0.15) is 0 Å². The second kappa shape index (κ2) is 10.6. The number of likely N-dealkylation sites (tertiary alicyclic amines) is 2. The number of thiazole rings is 1. The first-order valence-corrected chi connectivity index (χ1v) is 13.1. The number of nitrogens with zero attached hydrogens (tertiary/aromatic N) is 3. The van der Waals surface area contributed by atoms with E-state index in [-0.39, 0.29) is 17.9 Å². The Morgan fingerprint density at radius 2 is 1.91 bits per heavy atom. The van der Waals surface area contributed by atoms with Crippen molar-refractivity contribution in [3.05, 3.63) is 44.9 Å². The minimum atomic E-state index is -0.501. The van der Waals surface area contributed by atoms with Gasteiger partial charge in [0.2, 0.25) is 5.91 Å². The molecule has 184 valence electrons. The third-order valence-electron chi connectivity index (χ3n) is 6.90. The van der Waals surface area contributed by atoms with Crippen molar-refractivity contribution < 1.29 is 19.4 Å². The highest BCUT2D eigenvalue weighted by Crippen LogP contribution is 2.37. The van der Waals surface area contributed by atoms with E-state index in [1.807, 2.05) is 35.8 Å². The quantitative estimate of drug-likeness (QED) is 0.639. The third kappa shape index (κ3) is 5.73. The second-order valence-electron chi connectivity index (χ2n) is 9.65. The number of ether oxygens (including phenoxy) is 1. The van der Waals surface area contributed by atoms with Gasteiger partial charge in [-0.05, 0) is 62.8 Å². The van der Waals surface area contributed by atoms with Crippen LogP contribution in [0.3, 0.4) is 0 Å². The standard InChI is InChI=1S/C25H32ClN3O4S/c1-17-10-20(11-18(2)23(17)26)33-15-25(12-22(31)28-8-4-19(30)5-9-28)6-3-7-29(14-25)24(32)21-13-34-16-27-21/h10-11,13,16,19,30H,3-9,12,14-15H2,1-2H3/t25-/m0/s1. The number of halogens is 1. The molecule has 2 aliphatic rings. The molecule has 0 aliphatic carbocycles. The lowest BCUT2D eigenvalue weighted by Crippen LogP contribution is -2.51. The Morgan fingerprint density at radius 1 is 1.21 bits per heavy atom. The maximum Gasteiger partial charge on any atom is 0.273 e. The average molecular weight is 506 g/mol. The molecule has 1 aromatic carbocycles. The van der Waals surface area contributed by atoms with Crippen molar-refractivity contribution in [1.82, 2.24) is 14.8 Å². The van der Waals surface area contributed by atoms with Crippen LogP contribution in [0, 0.1) is 19.3 Å². The third-order valence-corrected chi connectivity index (χ3v) is 8.08. The smallest absolute Gasteiger partial charge is 0.273 e. The lowest BCUT2D eigenvalue weighted by molar-refractivity contribution is -0.137. The number of carbonyl (C=O) groups is 2. The summed E-state index contributed by atoms with van der Waals surface area (Å²) in [5.74, 6) is 0.675. The number of rotatable bonds is 6. The highest BCUT2D eigenvalue weighted by molar-refractivity contribution is 7.07. The number of benzene rings is 1. The normalized spacial score (nSPS) is 21.5. The van der Waals surface area contributed by atoms with E-state index in [2.05, 4.69) is 4.98 Å². The van der Waals surface area contributed by atoms with Crippen LogP contribution in [0.2, 0.25) is 5.02 Å². The first kappa shape index (κ1) is 24.9. The summed E-state index contributed by atoms with van der Waals surface area (Å²) in [5, 5.41) is 12.3. The summed E-state index contributed by atoms with van der Waals surface area (Å²) >= 11 is 7.72. The number of aromatic nitrogens is 1. The zero-order valence-corrected chi connectivity index (χ0v) is 21.3. The van der Waals surface area contributed by atoms with Gasteiger partial charge in [-0.1, -0.05) is 11.6 Å². The molecule has 9 heteroatoms. The van der Waals surface area contributed by atoms with E-state index in [1.165, 1.54) is 11.3 Å². The number of aliphatic hydroxyl groups excluding tert-OH is 1. The molecule has 4 rings (SSSR count). The van der Waals surface area contributed by atoms with Crippen LogP contribution >= 0.6 is 22.9 Å². The highest BCUT2D eigenvalue weighted by Gasteiger charge is 2.41. The molecule has 0 unspecified atom stereocenters. The van der Waals surface area contributed by atoms with Gasteiger partial charge in [-0.15, -0.1) is 11.3 Å². The molecule has 1 aromatic heterocycles. The van der Waals surface area contributed by atoms with Gasteiger partial charge in [0, 0.05) is 48.4 Å². The summed E-state index contributed by atoms with van der Waals surface area (Å²) in [6.07, 6.45) is 2.76. The molecular formula is C25H32ClN3O4S. The van der Waals surface area contributed by atoms with E-state index in [0.717, 1.165) is 34.7 Å². The number of aliphatic hydroxyl groups is 1. The van der Waals surface area contributed by atoms with Gasteiger partial charge in [0.15, 0.2) is 0 Å². The van der Waals surface area contributed by atoms with E-state index < -0.39 is 5.41 Å². The summed E-state index contributed by atoms with van der Waals surface area (Å²) in [6, 6.07) is 3.83. The summed E-state index contributed by atoms with van der Waals surface area (Å²) in [4.78, 5) is 34.2. The van der Waals surface area contributed by atoms with Crippen molar-refractivity contribution in [2.75, 3.05) is 32.8 Å². The van der Waals surface area contributed by atoms with Crippen molar-refractivity contribution >= 4 is 34.8 Å². The molecule has 7 nitrogen and oxygen atoms in total. The fraction of sp³-hybridized carbons (Fsp3) is 0.560. The summed E-state index contributed by atoms with van der Waals surface area (Å²) < 4.78 is 6.27. The topological polar surface area (TPSA) is 83.0 Å². The van der Waals surface area contributed by atoms with Crippen LogP contribution in [0.25, 0.3) is 0 Å². The molecule has 1 N–H and O–H groups in total. The van der Waals surface area contributed by atoms with E-state index in [9.17, 15) is 14.7 Å². The van der Waals surface area contributed by atoms with Crippen LogP contribution in [-0.2, 0) is 4.79 Å². The van der Waals surface area contributed by atoms with E-state index in [1.54, 1.807) is 10.9 Å². The van der Waals surface area contributed by atoms with Crippen molar-refractivity contribution in [2.24, 2.45) is 5.41 Å². The molecule has 0 bridgehead atoms. The molecule has 2 aliphatic heterocycles. The van der Waals surface area contributed by atoms with Crippen molar-refractivity contribution in [1.29, 1.82) is 0 Å². The molecule has 0 radical (unpaired) electrons. The lowest BCUT2D eigenvalue weighted by Gasteiger charge is -2.43. The maximum absolute atomic E-state index is 13.3. The Morgan fingerprint density at radius 3 is 2.56 bits per heavy atom. The SMILES string of the molecule is Cc1cc(OC[C@]2(CC(=O)N3CCC(O)CC3)CCCN(C(=O)c3cscn3)C2)cc(C)c1Cl. The monoisotopic (exact) mass is 505 g/mol. The Kier molecular flexibility index (Phi) is 7.80. The van der Waals surface area contributed by atoms with E-state index in [0.29, 0.717) is 57.7 Å². The van der Waals surface area contributed by atoms with Crippen LogP contribution in [0.4, 0.5) is 0 Å². The van der Waals surface area contributed by atoms with E-state index in [4.69, 9.17) is 16.3 Å². The molecule has 34 heavy (non-hydrogen) atoms. The maximum atomic E-state index is 13.3. The van der Waals surface area contributed by atoms with Crippen LogP contribution in [0.1, 0.15) is 53.7 Å². The Labute approximate surface area is 209 Å². The first-order chi connectivity index (χ1) is 16.3. The highest BCUT2D eigenvalue weighted by atomic mass is 35.5. The first-order valence-electron chi connectivity index (χ1n) is 11.8. The molecule has 3 heterocycles. The molecule has 0 spiro atoms. The molecule has 2 aromatic rings. The average Bonchev–Trinajstić information content (AvgIpc) is 3.36. The van der Waals surface area contributed by atoms with Gasteiger partial charge in [0.1, 0.15) is 11.4 Å². The Bertz CT molecular complexity index is 1000. The minimum Gasteiger partial charge on any atom is -0.493 e. The van der Waals surface area contributed by atoms with Gasteiger partial charge in [-0.25, -0.2) is 4.98 Å². The Balaban J connectivity index is 1.53. The minimum absolute atomic E-state index is 0.0573. The lowest BCUT2D eigenvalue weighted by atomic mass is 9.77. The largest absolute Gasteiger partial charge is 0.493 e. The fourth-order valence-corrected chi connectivity index (χ4v) is 5.58. The number of carbonyl (C=O) groups excluding carboxylic acids is 2.